The summed E-state index contributed by atoms with van der Waals surface area (Å²) in [6, 6.07) is 0.927. The van der Waals surface area contributed by atoms with E-state index in [9.17, 15) is 0 Å². The second-order valence-corrected chi connectivity index (χ2v) is 14.8. The fraction of sp³-hybridized carbons (Fsp3) is 1.00. The van der Waals surface area contributed by atoms with E-state index < -0.39 is 17.0 Å². The van der Waals surface area contributed by atoms with Crippen molar-refractivity contribution in [2.75, 3.05) is 52.5 Å². The van der Waals surface area contributed by atoms with E-state index in [1.165, 1.54) is 26.2 Å². The van der Waals surface area contributed by atoms with Crippen molar-refractivity contribution in [3.8, 4) is 0 Å². The maximum Gasteiger partial charge on any atom is 0.500 e. The van der Waals surface area contributed by atoms with Gasteiger partial charge in [0.15, 0.2) is 0 Å². The first kappa shape index (κ1) is 21.3. The van der Waals surface area contributed by atoms with Gasteiger partial charge in [0, 0.05) is 52.0 Å². The molecule has 138 valence electrons. The molecule has 0 aromatic heterocycles. The first-order valence-electron chi connectivity index (χ1n) is 9.26. The summed E-state index contributed by atoms with van der Waals surface area (Å²) < 4.78 is 20.5. The van der Waals surface area contributed by atoms with Gasteiger partial charge in [0.2, 0.25) is 0 Å². The minimum Gasteiger partial charge on any atom is -0.374 e. The Morgan fingerprint density at radius 2 is 1.26 bits per heavy atom. The third kappa shape index (κ3) is 7.33. The number of rotatable bonds is 11. The molecule has 0 amide bonds. The Balaban J connectivity index is 2.39. The molecule has 1 fully saturated rings. The Hall–Kier alpha value is 0.234. The summed E-state index contributed by atoms with van der Waals surface area (Å²) in [5.41, 5.74) is 0. The molecule has 0 unspecified atom stereocenters. The fourth-order valence-electron chi connectivity index (χ4n) is 3.16. The Labute approximate surface area is 145 Å². The van der Waals surface area contributed by atoms with Gasteiger partial charge in [0.05, 0.1) is 0 Å². The van der Waals surface area contributed by atoms with Gasteiger partial charge >= 0.3 is 8.80 Å². The van der Waals surface area contributed by atoms with Crippen LogP contribution in [0.1, 0.15) is 27.2 Å². The molecule has 7 heteroatoms. The zero-order valence-electron chi connectivity index (χ0n) is 16.2. The molecule has 1 heterocycles. The smallest absolute Gasteiger partial charge is 0.374 e. The number of nitrogens with zero attached hydrogens (tertiary/aromatic N) is 2. The lowest BCUT2D eigenvalue weighted by molar-refractivity contribution is 0.0694. The highest BCUT2D eigenvalue weighted by atomic mass is 28.4. The number of hydrogen-bond acceptors (Lipinski definition) is 5. The summed E-state index contributed by atoms with van der Waals surface area (Å²) in [5, 5.41) is 0. The summed E-state index contributed by atoms with van der Waals surface area (Å²) in [6.45, 7) is 21.3. The molecule has 0 spiro atoms. The van der Waals surface area contributed by atoms with Crippen LogP contribution in [0.15, 0.2) is 0 Å². The molecule has 0 atom stereocenters. The molecular weight excluding hydrogens is 324 g/mol. The average molecular weight is 363 g/mol. The van der Waals surface area contributed by atoms with E-state index in [0.29, 0.717) is 19.8 Å². The van der Waals surface area contributed by atoms with Crippen LogP contribution in [0.25, 0.3) is 0 Å². The van der Waals surface area contributed by atoms with Gasteiger partial charge in [0.1, 0.15) is 8.24 Å². The van der Waals surface area contributed by atoms with Gasteiger partial charge in [-0.25, -0.2) is 0 Å². The van der Waals surface area contributed by atoms with E-state index in [2.05, 4.69) is 29.1 Å². The van der Waals surface area contributed by atoms with Gasteiger partial charge in [-0.2, -0.15) is 0 Å². The summed E-state index contributed by atoms with van der Waals surface area (Å²) in [6.07, 6.45) is 1.10. The van der Waals surface area contributed by atoms with Gasteiger partial charge in [-0.05, 0) is 33.7 Å². The Morgan fingerprint density at radius 1 is 0.783 bits per heavy atom. The highest BCUT2D eigenvalue weighted by Crippen LogP contribution is 2.19. The average Bonchev–Trinajstić information content (AvgIpc) is 2.48. The van der Waals surface area contributed by atoms with Gasteiger partial charge in [-0.15, -0.1) is 0 Å². The fourth-order valence-corrected chi connectivity index (χ4v) is 7.30. The zero-order valence-corrected chi connectivity index (χ0v) is 18.2. The zero-order chi connectivity index (χ0) is 17.3. The van der Waals surface area contributed by atoms with E-state index in [-0.39, 0.29) is 0 Å². The predicted octanol–water partition coefficient (Wildman–Crippen LogP) is 2.88. The first-order valence-corrected chi connectivity index (χ1v) is 14.6. The summed E-state index contributed by atoms with van der Waals surface area (Å²) in [5.74, 6) is 0. The molecule has 0 radical (unpaired) electrons. The minimum absolute atomic E-state index is 0.668. The largest absolute Gasteiger partial charge is 0.500 e. The van der Waals surface area contributed by atoms with E-state index >= 15 is 0 Å². The molecule has 5 nitrogen and oxygen atoms in total. The minimum atomic E-state index is -2.45. The Bertz CT molecular complexity index is 302. The SMILES string of the molecule is CCO[Si](CCCN1CCN([Si](C)(C)C)CC1)(OCC)OCC. The van der Waals surface area contributed by atoms with Crippen LogP contribution in [0.3, 0.4) is 0 Å². The maximum atomic E-state index is 5.93. The van der Waals surface area contributed by atoms with Crippen LogP contribution in [0.5, 0.6) is 0 Å². The van der Waals surface area contributed by atoms with Crippen LogP contribution in [-0.4, -0.2) is 79.0 Å². The predicted molar refractivity (Wildman–Crippen MR) is 101 cm³/mol. The topological polar surface area (TPSA) is 34.2 Å². The lowest BCUT2D eigenvalue weighted by atomic mass is 10.3. The van der Waals surface area contributed by atoms with Crippen LogP contribution in [-0.2, 0) is 13.3 Å². The van der Waals surface area contributed by atoms with Crippen LogP contribution in [0.2, 0.25) is 25.7 Å². The highest BCUT2D eigenvalue weighted by Gasteiger charge is 2.39. The molecule has 1 aliphatic heterocycles. The van der Waals surface area contributed by atoms with Crippen LogP contribution < -0.4 is 0 Å². The second kappa shape index (κ2) is 10.3. The van der Waals surface area contributed by atoms with E-state index in [0.717, 1.165) is 19.0 Å². The Morgan fingerprint density at radius 3 is 1.65 bits per heavy atom. The standard InChI is InChI=1S/C16H38N2O3Si2/c1-7-19-23(20-8-2,21-9-3)16-10-11-17-12-14-18(15-13-17)22(4,5)6/h7-16H2,1-6H3. The van der Waals surface area contributed by atoms with E-state index in [1.807, 2.05) is 20.8 Å². The normalized spacial score (nSPS) is 18.5. The van der Waals surface area contributed by atoms with Crippen molar-refractivity contribution in [1.29, 1.82) is 0 Å². The van der Waals surface area contributed by atoms with Crippen LogP contribution >= 0.6 is 0 Å². The first-order chi connectivity index (χ1) is 10.9. The van der Waals surface area contributed by atoms with Gasteiger partial charge in [0.25, 0.3) is 0 Å². The molecule has 0 N–H and O–H groups in total. The molecule has 0 bridgehead atoms. The molecule has 1 aliphatic rings. The van der Waals surface area contributed by atoms with E-state index in [1.54, 1.807) is 0 Å². The van der Waals surface area contributed by atoms with Crippen molar-refractivity contribution in [3.05, 3.63) is 0 Å². The molecule has 1 rings (SSSR count). The van der Waals surface area contributed by atoms with Gasteiger partial charge < -0.3 is 22.7 Å². The highest BCUT2D eigenvalue weighted by molar-refractivity contribution is 6.73. The maximum absolute atomic E-state index is 5.93. The van der Waals surface area contributed by atoms with Gasteiger partial charge in [-0.3, -0.25) is 0 Å². The van der Waals surface area contributed by atoms with Crippen molar-refractivity contribution in [2.24, 2.45) is 0 Å². The molecule has 1 saturated heterocycles. The third-order valence-electron chi connectivity index (χ3n) is 4.37. The molecule has 23 heavy (non-hydrogen) atoms. The molecular formula is C16H38N2O3Si2. The lowest BCUT2D eigenvalue weighted by Crippen LogP contribution is -2.56. The van der Waals surface area contributed by atoms with Crippen molar-refractivity contribution < 1.29 is 13.3 Å². The van der Waals surface area contributed by atoms with Crippen molar-refractivity contribution in [1.82, 2.24) is 9.47 Å². The second-order valence-electron chi connectivity index (χ2n) is 7.09. The molecule has 0 aromatic carbocycles. The summed E-state index contributed by atoms with van der Waals surface area (Å²) in [4.78, 5) is 2.58. The molecule has 0 aromatic rings. The number of piperazine rings is 1. The molecule has 0 saturated carbocycles. The van der Waals surface area contributed by atoms with Crippen molar-refractivity contribution in [3.63, 3.8) is 0 Å². The lowest BCUT2D eigenvalue weighted by Gasteiger charge is -2.41. The van der Waals surface area contributed by atoms with Crippen LogP contribution in [0.4, 0.5) is 0 Å². The molecule has 0 aliphatic carbocycles. The van der Waals surface area contributed by atoms with Crippen molar-refractivity contribution in [2.45, 2.75) is 52.9 Å². The third-order valence-corrected chi connectivity index (χ3v) is 9.87. The number of hydrogen-bond donors (Lipinski definition) is 0. The quantitative estimate of drug-likeness (QED) is 0.528. The van der Waals surface area contributed by atoms with Gasteiger partial charge in [-0.1, -0.05) is 19.6 Å². The van der Waals surface area contributed by atoms with E-state index in [4.69, 9.17) is 13.3 Å². The summed E-state index contributed by atoms with van der Waals surface area (Å²) in [7, 11) is -3.58. The Kier molecular flexibility index (Phi) is 9.51. The van der Waals surface area contributed by atoms with Crippen LogP contribution in [0, 0.1) is 0 Å². The summed E-state index contributed by atoms with van der Waals surface area (Å²) >= 11 is 0. The monoisotopic (exact) mass is 362 g/mol. The van der Waals surface area contributed by atoms with Crippen molar-refractivity contribution >= 4 is 17.0 Å².